The van der Waals surface area contributed by atoms with Crippen molar-refractivity contribution in [1.82, 2.24) is 14.9 Å². The lowest BCUT2D eigenvalue weighted by Gasteiger charge is -2.33. The van der Waals surface area contributed by atoms with E-state index in [0.717, 1.165) is 4.57 Å². The van der Waals surface area contributed by atoms with Gasteiger partial charge in [0, 0.05) is 11.8 Å². The number of nitrogens with one attached hydrogen (secondary N) is 2. The number of rotatable bonds is 2. The number of aromatic nitrogens is 2. The van der Waals surface area contributed by atoms with Crippen molar-refractivity contribution in [3.63, 3.8) is 0 Å². The molecule has 114 valence electrons. The summed E-state index contributed by atoms with van der Waals surface area (Å²) in [4.78, 5) is 36.8. The fourth-order valence-corrected chi connectivity index (χ4v) is 2.49. The van der Waals surface area contributed by atoms with E-state index in [0.29, 0.717) is 0 Å². The highest BCUT2D eigenvalue weighted by atomic mass is 16.7. The van der Waals surface area contributed by atoms with Gasteiger partial charge in [-0.2, -0.15) is 0 Å². The highest BCUT2D eigenvalue weighted by molar-refractivity contribution is 5.70. The zero-order valence-electron chi connectivity index (χ0n) is 10.9. The Morgan fingerprint density at radius 2 is 2.14 bits per heavy atom. The fraction of sp³-hybridized carbons (Fsp3) is 0.545. The first kappa shape index (κ1) is 13.8. The van der Waals surface area contributed by atoms with Crippen LogP contribution in [0.5, 0.6) is 0 Å². The average molecular weight is 299 g/mol. The third-order valence-electron chi connectivity index (χ3n) is 3.61. The van der Waals surface area contributed by atoms with E-state index in [1.165, 1.54) is 13.1 Å². The first-order valence-electron chi connectivity index (χ1n) is 6.15. The highest BCUT2D eigenvalue weighted by Crippen LogP contribution is 2.39. The fourth-order valence-electron chi connectivity index (χ4n) is 2.49. The van der Waals surface area contributed by atoms with Gasteiger partial charge in [-0.25, -0.2) is 9.59 Å². The van der Waals surface area contributed by atoms with Crippen LogP contribution in [0.15, 0.2) is 15.8 Å². The summed E-state index contributed by atoms with van der Waals surface area (Å²) in [6.45, 7) is 0.783. The molecule has 2 aliphatic rings. The summed E-state index contributed by atoms with van der Waals surface area (Å²) >= 11 is 0. The third kappa shape index (κ3) is 1.87. The van der Waals surface area contributed by atoms with Gasteiger partial charge in [0.25, 0.3) is 5.56 Å². The van der Waals surface area contributed by atoms with Crippen LogP contribution in [0.4, 0.5) is 4.79 Å². The van der Waals surface area contributed by atoms with Gasteiger partial charge < -0.3 is 19.7 Å². The van der Waals surface area contributed by atoms with E-state index >= 15 is 0 Å². The molecule has 1 amide bonds. The molecule has 0 saturated carbocycles. The van der Waals surface area contributed by atoms with Gasteiger partial charge in [0.1, 0.15) is 6.10 Å². The van der Waals surface area contributed by atoms with Crippen molar-refractivity contribution in [1.29, 1.82) is 0 Å². The van der Waals surface area contributed by atoms with Crippen molar-refractivity contribution < 1.29 is 24.5 Å². The number of aryl methyl sites for hydroxylation is 1. The van der Waals surface area contributed by atoms with Crippen LogP contribution in [0.1, 0.15) is 11.8 Å². The van der Waals surface area contributed by atoms with E-state index < -0.39 is 48.1 Å². The summed E-state index contributed by atoms with van der Waals surface area (Å²) in [7, 11) is 0. The minimum atomic E-state index is -1.74. The maximum Gasteiger partial charge on any atom is 0.410 e. The van der Waals surface area contributed by atoms with Crippen LogP contribution in [0.2, 0.25) is 0 Å². The molecule has 4 atom stereocenters. The molecule has 3 rings (SSSR count). The molecule has 2 bridgehead atoms. The Morgan fingerprint density at radius 3 is 2.81 bits per heavy atom. The number of hydrogen-bond acceptors (Lipinski definition) is 7. The lowest BCUT2D eigenvalue weighted by Crippen LogP contribution is -2.63. The smallest absolute Gasteiger partial charge is 0.410 e. The van der Waals surface area contributed by atoms with Crippen LogP contribution >= 0.6 is 0 Å². The standard InChI is InChI=1S/C11H13N3O7/c1-4-2-14(9(18)12-7(4)17)8-5-6(16)11(3-15,21-8)13-10(19)20-5/h2,5-6,8,15-16H,3H2,1H3,(H,13,19)(H,12,17,18)/t5?,6-,8+,11+/m0/s1. The SMILES string of the molecule is Cc1cn([C@@H]2O[C@@]3(CO)NC(=O)OC2[C@@H]3O)c(=O)[nH]c1=O. The summed E-state index contributed by atoms with van der Waals surface area (Å²) in [5, 5.41) is 21.7. The molecule has 0 aromatic carbocycles. The Kier molecular flexibility index (Phi) is 2.90. The molecule has 21 heavy (non-hydrogen) atoms. The molecular weight excluding hydrogens is 286 g/mol. The second-order valence-electron chi connectivity index (χ2n) is 4.97. The summed E-state index contributed by atoms with van der Waals surface area (Å²) in [5.74, 6) is 0. The van der Waals surface area contributed by atoms with Gasteiger partial charge in [0.2, 0.25) is 0 Å². The molecule has 10 heteroatoms. The summed E-state index contributed by atoms with van der Waals surface area (Å²) in [6, 6.07) is 0. The zero-order valence-corrected chi connectivity index (χ0v) is 10.9. The first-order valence-corrected chi connectivity index (χ1v) is 6.15. The molecule has 2 aliphatic heterocycles. The number of amides is 1. The number of H-pyrrole nitrogens is 1. The quantitative estimate of drug-likeness (QED) is 0.474. The molecule has 1 unspecified atom stereocenters. The second kappa shape index (κ2) is 4.41. The zero-order chi connectivity index (χ0) is 15.4. The maximum atomic E-state index is 11.9. The van der Waals surface area contributed by atoms with Crippen LogP contribution in [-0.2, 0) is 9.47 Å². The Labute approximate surface area is 116 Å². The number of fused-ring (bicyclic) bond motifs is 2. The molecule has 1 aromatic heterocycles. The molecular formula is C11H13N3O7. The van der Waals surface area contributed by atoms with Crippen molar-refractivity contribution >= 4 is 6.09 Å². The van der Waals surface area contributed by atoms with Gasteiger partial charge in [-0.1, -0.05) is 0 Å². The second-order valence-corrected chi connectivity index (χ2v) is 4.97. The lowest BCUT2D eigenvalue weighted by molar-refractivity contribution is -0.143. The number of ether oxygens (including phenoxy) is 2. The third-order valence-corrected chi connectivity index (χ3v) is 3.61. The highest BCUT2D eigenvalue weighted by Gasteiger charge is 2.61. The monoisotopic (exact) mass is 299 g/mol. The van der Waals surface area contributed by atoms with Crippen molar-refractivity contribution in [2.45, 2.75) is 31.1 Å². The summed E-state index contributed by atoms with van der Waals surface area (Å²) < 4.78 is 11.4. The minimum absolute atomic E-state index is 0.242. The molecule has 0 spiro atoms. The van der Waals surface area contributed by atoms with E-state index in [9.17, 15) is 24.6 Å². The van der Waals surface area contributed by atoms with Crippen LogP contribution in [-0.4, -0.2) is 50.4 Å². The number of nitrogens with zero attached hydrogens (tertiary/aromatic N) is 1. The molecule has 2 fully saturated rings. The number of alkyl carbamates (subject to hydrolysis) is 1. The van der Waals surface area contributed by atoms with Gasteiger partial charge in [-0.05, 0) is 6.92 Å². The lowest BCUT2D eigenvalue weighted by atomic mass is 10.0. The van der Waals surface area contributed by atoms with Gasteiger partial charge in [-0.15, -0.1) is 0 Å². The number of carbonyl (C=O) groups excluding carboxylic acids is 1. The Balaban J connectivity index is 2.09. The van der Waals surface area contributed by atoms with Crippen LogP contribution in [0.25, 0.3) is 0 Å². The number of aliphatic hydroxyl groups excluding tert-OH is 2. The van der Waals surface area contributed by atoms with Crippen molar-refractivity contribution in [3.8, 4) is 0 Å². The molecule has 2 saturated heterocycles. The summed E-state index contributed by atoms with van der Waals surface area (Å²) in [6.07, 6.45) is -3.37. The minimum Gasteiger partial charge on any atom is -0.438 e. The first-order chi connectivity index (χ1) is 9.88. The predicted octanol–water partition coefficient (Wildman–Crippen LogP) is -2.47. The Bertz CT molecular complexity index is 711. The Hall–Kier alpha value is -2.17. The predicted molar refractivity (Wildman–Crippen MR) is 65.4 cm³/mol. The van der Waals surface area contributed by atoms with E-state index in [1.54, 1.807) is 0 Å². The van der Waals surface area contributed by atoms with Gasteiger partial charge in [0.05, 0.1) is 6.61 Å². The Morgan fingerprint density at radius 1 is 1.43 bits per heavy atom. The van der Waals surface area contributed by atoms with Crippen molar-refractivity contribution in [3.05, 3.63) is 32.6 Å². The molecule has 4 N–H and O–H groups in total. The molecule has 10 nitrogen and oxygen atoms in total. The maximum absolute atomic E-state index is 11.9. The van der Waals surface area contributed by atoms with E-state index in [-0.39, 0.29) is 5.56 Å². The van der Waals surface area contributed by atoms with E-state index in [2.05, 4.69) is 10.3 Å². The molecule has 3 heterocycles. The normalized spacial score (nSPS) is 34.4. The van der Waals surface area contributed by atoms with Crippen LogP contribution in [0, 0.1) is 6.92 Å². The van der Waals surface area contributed by atoms with E-state index in [1.807, 2.05) is 0 Å². The molecule has 1 aromatic rings. The number of aliphatic hydroxyl groups is 2. The largest absolute Gasteiger partial charge is 0.438 e. The van der Waals surface area contributed by atoms with Gasteiger partial charge in [-0.3, -0.25) is 19.7 Å². The summed E-state index contributed by atoms with van der Waals surface area (Å²) in [5.41, 5.74) is -2.83. The number of aromatic amines is 1. The number of carbonyl (C=O) groups is 1. The van der Waals surface area contributed by atoms with Crippen LogP contribution < -0.4 is 16.6 Å². The average Bonchev–Trinajstić information content (AvgIpc) is 2.60. The van der Waals surface area contributed by atoms with E-state index in [4.69, 9.17) is 9.47 Å². The van der Waals surface area contributed by atoms with Crippen molar-refractivity contribution in [2.75, 3.05) is 6.61 Å². The van der Waals surface area contributed by atoms with Gasteiger partial charge in [0.15, 0.2) is 18.1 Å². The molecule has 0 aliphatic carbocycles. The van der Waals surface area contributed by atoms with Crippen LogP contribution in [0.3, 0.4) is 0 Å². The molecule has 0 radical (unpaired) electrons. The number of hydrogen-bond donors (Lipinski definition) is 4. The van der Waals surface area contributed by atoms with Gasteiger partial charge >= 0.3 is 11.8 Å². The topological polar surface area (TPSA) is 143 Å². The van der Waals surface area contributed by atoms with Crippen molar-refractivity contribution in [2.24, 2.45) is 0 Å².